The zero-order valence-electron chi connectivity index (χ0n) is 8.67. The first-order valence-electron chi connectivity index (χ1n) is 4.57. The summed E-state index contributed by atoms with van der Waals surface area (Å²) in [7, 11) is 0. The molecule has 0 saturated heterocycles. The molecule has 0 radical (unpaired) electrons. The molecule has 0 spiro atoms. The Labute approximate surface area is 96.3 Å². The molecule has 3 N–H and O–H groups in total. The van der Waals surface area contributed by atoms with Crippen LogP contribution in [0.2, 0.25) is 0 Å². The maximum Gasteiger partial charge on any atom is 0.322 e. The molecule has 0 fully saturated rings. The molecular weight excluding hydrogens is 226 g/mol. The number of aromatic nitrogens is 2. The molecule has 0 saturated carbocycles. The van der Waals surface area contributed by atoms with Crippen molar-refractivity contribution in [3.63, 3.8) is 0 Å². The lowest BCUT2D eigenvalue weighted by molar-refractivity contribution is -0.137. The maximum atomic E-state index is 11.2. The number of amides is 1. The Bertz CT molecular complexity index is 468. The number of nitrogens with zero attached hydrogens (tertiary/aromatic N) is 3. The molecule has 1 amide bonds. The van der Waals surface area contributed by atoms with Crippen molar-refractivity contribution >= 4 is 17.7 Å². The molecule has 88 valence electrons. The van der Waals surface area contributed by atoms with Gasteiger partial charge in [-0.1, -0.05) is 0 Å². The van der Waals surface area contributed by atoms with Gasteiger partial charge in [-0.15, -0.1) is 0 Å². The lowest BCUT2D eigenvalue weighted by Gasteiger charge is -2.05. The number of carboxylic acids is 1. The highest BCUT2D eigenvalue weighted by atomic mass is 16.4. The van der Waals surface area contributed by atoms with Crippen LogP contribution in [-0.4, -0.2) is 40.0 Å². The number of nitrogens with one attached hydrogen (secondary N) is 2. The summed E-state index contributed by atoms with van der Waals surface area (Å²) in [6, 6.07) is 1.81. The lowest BCUT2D eigenvalue weighted by Crippen LogP contribution is -2.34. The molecule has 1 aromatic rings. The summed E-state index contributed by atoms with van der Waals surface area (Å²) in [4.78, 5) is 28.9. The van der Waals surface area contributed by atoms with Crippen LogP contribution in [0.5, 0.6) is 0 Å². The largest absolute Gasteiger partial charge is 0.480 e. The number of aliphatic carboxylic acids is 1. The van der Waals surface area contributed by atoms with Crippen molar-refractivity contribution in [1.29, 1.82) is 5.26 Å². The number of carbonyl (C=O) groups excluding carboxylic acids is 1. The van der Waals surface area contributed by atoms with E-state index in [0.717, 1.165) is 0 Å². The number of carbonyl (C=O) groups is 2. The predicted molar refractivity (Wildman–Crippen MR) is 55.9 cm³/mol. The van der Waals surface area contributed by atoms with E-state index in [1.807, 2.05) is 6.07 Å². The number of carboxylic acid groups (broad SMARTS) is 1. The van der Waals surface area contributed by atoms with Crippen LogP contribution in [0.1, 0.15) is 5.69 Å². The second-order valence-corrected chi connectivity index (χ2v) is 2.89. The minimum atomic E-state index is -1.13. The molecule has 0 aliphatic rings. The average Bonchev–Trinajstić information content (AvgIpc) is 2.34. The first-order valence-corrected chi connectivity index (χ1v) is 4.57. The minimum Gasteiger partial charge on any atom is -0.480 e. The summed E-state index contributed by atoms with van der Waals surface area (Å²) in [5.74, 6) is -1.46. The smallest absolute Gasteiger partial charge is 0.322 e. The van der Waals surface area contributed by atoms with Gasteiger partial charge in [0, 0.05) is 12.4 Å². The van der Waals surface area contributed by atoms with Crippen molar-refractivity contribution in [1.82, 2.24) is 15.3 Å². The molecule has 0 atom stereocenters. The van der Waals surface area contributed by atoms with Crippen LogP contribution < -0.4 is 10.6 Å². The van der Waals surface area contributed by atoms with E-state index in [2.05, 4.69) is 20.6 Å². The normalized spacial score (nSPS) is 9.12. The highest BCUT2D eigenvalue weighted by Crippen LogP contribution is 2.04. The van der Waals surface area contributed by atoms with E-state index in [0.29, 0.717) is 0 Å². The molecule has 1 heterocycles. The Morgan fingerprint density at radius 1 is 1.35 bits per heavy atom. The van der Waals surface area contributed by atoms with Gasteiger partial charge in [-0.3, -0.25) is 9.59 Å². The fourth-order valence-electron chi connectivity index (χ4n) is 0.950. The number of hydrogen-bond acceptors (Lipinski definition) is 6. The Hall–Kier alpha value is -2.69. The highest BCUT2D eigenvalue weighted by Gasteiger charge is 2.07. The van der Waals surface area contributed by atoms with Crippen LogP contribution >= 0.6 is 0 Å². The molecule has 0 aliphatic heterocycles. The standard InChI is InChI=1S/C9H9N5O3/c10-3-6-9(12-2-1-11-6)14-4-7(15)13-5-8(16)17/h1-2H,4-5H2,(H,12,14)(H,13,15)(H,16,17). The summed E-state index contributed by atoms with van der Waals surface area (Å²) >= 11 is 0. The molecule has 8 nitrogen and oxygen atoms in total. The van der Waals surface area contributed by atoms with Crippen molar-refractivity contribution in [2.75, 3.05) is 18.4 Å². The summed E-state index contributed by atoms with van der Waals surface area (Å²) < 4.78 is 0. The molecule has 8 heteroatoms. The molecule has 0 bridgehead atoms. The van der Waals surface area contributed by atoms with Crippen LogP contribution in [0.25, 0.3) is 0 Å². The van der Waals surface area contributed by atoms with Crippen LogP contribution in [0.4, 0.5) is 5.82 Å². The topological polar surface area (TPSA) is 128 Å². The molecular formula is C9H9N5O3. The van der Waals surface area contributed by atoms with Crippen LogP contribution in [-0.2, 0) is 9.59 Å². The summed E-state index contributed by atoms with van der Waals surface area (Å²) in [6.45, 7) is -0.632. The SMILES string of the molecule is N#Cc1nccnc1NCC(=O)NCC(=O)O. The monoisotopic (exact) mass is 235 g/mol. The lowest BCUT2D eigenvalue weighted by atomic mass is 10.4. The highest BCUT2D eigenvalue weighted by molar-refractivity contribution is 5.84. The molecule has 17 heavy (non-hydrogen) atoms. The van der Waals surface area contributed by atoms with Crippen LogP contribution in [0, 0.1) is 11.3 Å². The second kappa shape index (κ2) is 6.02. The van der Waals surface area contributed by atoms with Crippen molar-refractivity contribution in [2.45, 2.75) is 0 Å². The Kier molecular flexibility index (Phi) is 4.38. The van der Waals surface area contributed by atoms with Gasteiger partial charge in [-0.2, -0.15) is 5.26 Å². The third-order valence-corrected chi connectivity index (χ3v) is 1.66. The Morgan fingerprint density at radius 2 is 2.06 bits per heavy atom. The first-order chi connectivity index (χ1) is 8.13. The van der Waals surface area contributed by atoms with Gasteiger partial charge >= 0.3 is 5.97 Å². The zero-order valence-corrected chi connectivity index (χ0v) is 8.67. The van der Waals surface area contributed by atoms with Gasteiger partial charge in [-0.05, 0) is 0 Å². The Morgan fingerprint density at radius 3 is 2.71 bits per heavy atom. The van der Waals surface area contributed by atoms with Crippen LogP contribution in [0.15, 0.2) is 12.4 Å². The first kappa shape index (κ1) is 12.4. The predicted octanol–water partition coefficient (Wildman–Crippen LogP) is -1.04. The quantitative estimate of drug-likeness (QED) is 0.594. The third-order valence-electron chi connectivity index (χ3n) is 1.66. The fraction of sp³-hybridized carbons (Fsp3) is 0.222. The number of rotatable bonds is 5. The van der Waals surface area contributed by atoms with E-state index in [1.54, 1.807) is 0 Å². The van der Waals surface area contributed by atoms with Gasteiger partial charge in [-0.25, -0.2) is 9.97 Å². The number of nitriles is 1. The van der Waals surface area contributed by atoms with E-state index in [4.69, 9.17) is 10.4 Å². The van der Waals surface area contributed by atoms with Crippen LogP contribution in [0.3, 0.4) is 0 Å². The minimum absolute atomic E-state index is 0.0681. The van der Waals surface area contributed by atoms with E-state index in [-0.39, 0.29) is 18.1 Å². The summed E-state index contributed by atoms with van der Waals surface area (Å²) in [5, 5.41) is 21.8. The number of anilines is 1. The van der Waals surface area contributed by atoms with Gasteiger partial charge in [0.1, 0.15) is 12.6 Å². The van der Waals surface area contributed by atoms with Gasteiger partial charge in [0.05, 0.1) is 6.54 Å². The summed E-state index contributed by atoms with van der Waals surface area (Å²) in [6.07, 6.45) is 2.73. The van der Waals surface area contributed by atoms with Crippen molar-refractivity contribution in [3.05, 3.63) is 18.1 Å². The summed E-state index contributed by atoms with van der Waals surface area (Å²) in [5.41, 5.74) is 0.0681. The van der Waals surface area contributed by atoms with E-state index in [9.17, 15) is 9.59 Å². The van der Waals surface area contributed by atoms with Gasteiger partial charge in [0.2, 0.25) is 5.91 Å². The zero-order chi connectivity index (χ0) is 12.7. The fourth-order valence-corrected chi connectivity index (χ4v) is 0.950. The van der Waals surface area contributed by atoms with E-state index in [1.165, 1.54) is 12.4 Å². The third kappa shape index (κ3) is 4.13. The van der Waals surface area contributed by atoms with Crippen molar-refractivity contribution in [2.24, 2.45) is 0 Å². The van der Waals surface area contributed by atoms with Gasteiger partial charge < -0.3 is 15.7 Å². The molecule has 0 unspecified atom stereocenters. The van der Waals surface area contributed by atoms with E-state index < -0.39 is 18.4 Å². The van der Waals surface area contributed by atoms with Crippen molar-refractivity contribution in [3.8, 4) is 6.07 Å². The van der Waals surface area contributed by atoms with Gasteiger partial charge in [0.15, 0.2) is 11.5 Å². The van der Waals surface area contributed by atoms with Gasteiger partial charge in [0.25, 0.3) is 0 Å². The van der Waals surface area contributed by atoms with E-state index >= 15 is 0 Å². The maximum absolute atomic E-state index is 11.2. The average molecular weight is 235 g/mol. The molecule has 0 aliphatic carbocycles. The van der Waals surface area contributed by atoms with Crippen molar-refractivity contribution < 1.29 is 14.7 Å². The molecule has 1 aromatic heterocycles. The number of hydrogen-bond donors (Lipinski definition) is 3. The molecule has 1 rings (SSSR count). The molecule has 0 aromatic carbocycles. The second-order valence-electron chi connectivity index (χ2n) is 2.89. The Balaban J connectivity index is 2.48.